The van der Waals surface area contributed by atoms with Crippen molar-refractivity contribution in [2.75, 3.05) is 17.5 Å². The van der Waals surface area contributed by atoms with Gasteiger partial charge in [-0.15, -0.1) is 0 Å². The molecule has 3 nitrogen and oxygen atoms in total. The normalized spacial score (nSPS) is 9.50. The molecule has 0 amide bonds. The second-order valence-electron chi connectivity index (χ2n) is 2.50. The monoisotopic (exact) mass is 181 g/mol. The van der Waals surface area contributed by atoms with E-state index >= 15 is 0 Å². The number of nitrogens with two attached hydrogens (primary N) is 1. The number of pyridine rings is 1. The van der Waals surface area contributed by atoms with Crippen LogP contribution in [0.1, 0.15) is 5.56 Å². The maximum atomic E-state index is 5.57. The van der Waals surface area contributed by atoms with Crippen LogP contribution in [0.2, 0.25) is 0 Å². The second-order valence-corrected chi connectivity index (χ2v) is 3.27. The van der Waals surface area contributed by atoms with Gasteiger partial charge in [-0.2, -0.15) is 0 Å². The third-order valence-corrected chi connectivity index (χ3v) is 1.71. The molecule has 2 N–H and O–H groups in total. The summed E-state index contributed by atoms with van der Waals surface area (Å²) in [6.07, 6.45) is 3.36. The molecular formula is C8H12N3P. The van der Waals surface area contributed by atoms with E-state index in [9.17, 15) is 0 Å². The molecule has 1 atom stereocenters. The summed E-state index contributed by atoms with van der Waals surface area (Å²) in [6, 6.07) is 1.84. The first-order valence-electron chi connectivity index (χ1n) is 3.51. The van der Waals surface area contributed by atoms with E-state index in [1.165, 1.54) is 0 Å². The first-order chi connectivity index (χ1) is 5.65. The molecule has 0 radical (unpaired) electrons. The third-order valence-electron chi connectivity index (χ3n) is 1.47. The molecule has 12 heavy (non-hydrogen) atoms. The molecule has 0 bridgehead atoms. The first-order valence-corrected chi connectivity index (χ1v) is 4.03. The molecule has 4 heteroatoms. The number of rotatable bonds is 2. The minimum absolute atomic E-state index is 0.653. The van der Waals surface area contributed by atoms with Gasteiger partial charge in [0.15, 0.2) is 0 Å². The average Bonchev–Trinajstić information content (AvgIpc) is 2.03. The summed E-state index contributed by atoms with van der Waals surface area (Å²) in [4.78, 5) is 4.16. The van der Waals surface area contributed by atoms with Crippen molar-refractivity contribution in [2.45, 2.75) is 0 Å². The molecule has 1 aromatic rings. The van der Waals surface area contributed by atoms with Gasteiger partial charge in [0.2, 0.25) is 0 Å². The van der Waals surface area contributed by atoms with Crippen molar-refractivity contribution in [3.05, 3.63) is 24.4 Å². The largest absolute Gasteiger partial charge is 0.397 e. The van der Waals surface area contributed by atoms with Crippen LogP contribution >= 0.6 is 9.39 Å². The fourth-order valence-corrected chi connectivity index (χ4v) is 1.15. The van der Waals surface area contributed by atoms with Crippen molar-refractivity contribution >= 4 is 27.0 Å². The maximum Gasteiger partial charge on any atom is 0.138 e. The van der Waals surface area contributed by atoms with Gasteiger partial charge in [0.1, 0.15) is 5.82 Å². The van der Waals surface area contributed by atoms with E-state index in [-0.39, 0.29) is 0 Å². The number of hydrogen-bond donors (Lipinski definition) is 1. The fraction of sp³-hybridized carbons (Fsp3) is 0.125. The molecule has 0 aliphatic carbocycles. The Kier molecular flexibility index (Phi) is 2.66. The van der Waals surface area contributed by atoms with E-state index in [2.05, 4.69) is 21.0 Å². The minimum atomic E-state index is 0.653. The molecule has 0 aliphatic heterocycles. The predicted octanol–water partition coefficient (Wildman–Crippen LogP) is 1.53. The predicted molar refractivity (Wildman–Crippen MR) is 56.9 cm³/mol. The molecule has 0 saturated heterocycles. The van der Waals surface area contributed by atoms with Crippen molar-refractivity contribution in [3.8, 4) is 0 Å². The number of nitrogen functional groups attached to an aromatic ring is 1. The molecule has 1 rings (SSSR count). The van der Waals surface area contributed by atoms with Gasteiger partial charge in [0, 0.05) is 12.6 Å². The Morgan fingerprint density at radius 3 is 2.92 bits per heavy atom. The van der Waals surface area contributed by atoms with Gasteiger partial charge in [-0.25, -0.2) is 4.98 Å². The Hall–Kier alpha value is -1.08. The Bertz CT molecular complexity index is 296. The summed E-state index contributed by atoms with van der Waals surface area (Å²) in [7, 11) is 4.43. The molecule has 0 fully saturated rings. The van der Waals surface area contributed by atoms with Crippen LogP contribution in [-0.2, 0) is 0 Å². The summed E-state index contributed by atoms with van der Waals surface area (Å²) in [6.45, 7) is 3.68. The van der Waals surface area contributed by atoms with E-state index in [4.69, 9.17) is 5.73 Å². The molecule has 1 heterocycles. The topological polar surface area (TPSA) is 42.1 Å². The SMILES string of the molecule is C=Cc1cc(N)cnc1N(C)P. The summed E-state index contributed by atoms with van der Waals surface area (Å²) in [5, 5.41) is 0. The highest BCUT2D eigenvalue weighted by molar-refractivity contribution is 7.19. The van der Waals surface area contributed by atoms with Crippen LogP contribution < -0.4 is 10.4 Å². The van der Waals surface area contributed by atoms with E-state index in [0.717, 1.165) is 11.4 Å². The van der Waals surface area contributed by atoms with Gasteiger partial charge in [0.05, 0.1) is 11.9 Å². The molecule has 1 aromatic heterocycles. The van der Waals surface area contributed by atoms with Crippen LogP contribution in [0.15, 0.2) is 18.8 Å². The van der Waals surface area contributed by atoms with Crippen LogP contribution in [0.3, 0.4) is 0 Å². The molecule has 0 aliphatic rings. The Balaban J connectivity index is 3.20. The van der Waals surface area contributed by atoms with E-state index in [1.807, 2.05) is 17.8 Å². The highest BCUT2D eigenvalue weighted by Gasteiger charge is 2.02. The van der Waals surface area contributed by atoms with E-state index in [1.54, 1.807) is 12.3 Å². The average molecular weight is 181 g/mol. The summed E-state index contributed by atoms with van der Waals surface area (Å²) in [5.74, 6) is 0.851. The first kappa shape index (κ1) is 9.01. The van der Waals surface area contributed by atoms with E-state index in [0.29, 0.717) is 5.69 Å². The summed E-state index contributed by atoms with van der Waals surface area (Å²) < 4.78 is 1.84. The standard InChI is InChI=1S/C8H12N3P/c1-3-6-4-7(9)5-10-8(6)11(2)12/h3-5H,1,9,12H2,2H3. The molecule has 0 saturated carbocycles. The maximum absolute atomic E-state index is 5.57. The zero-order valence-corrected chi connectivity index (χ0v) is 8.14. The lowest BCUT2D eigenvalue weighted by Crippen LogP contribution is -2.04. The Morgan fingerprint density at radius 2 is 2.42 bits per heavy atom. The minimum Gasteiger partial charge on any atom is -0.397 e. The van der Waals surface area contributed by atoms with Crippen molar-refractivity contribution in [1.82, 2.24) is 4.98 Å². The third kappa shape index (κ3) is 1.74. The highest BCUT2D eigenvalue weighted by atomic mass is 31.0. The van der Waals surface area contributed by atoms with Crippen molar-refractivity contribution in [1.29, 1.82) is 0 Å². The number of anilines is 2. The van der Waals surface area contributed by atoms with Crippen molar-refractivity contribution in [3.63, 3.8) is 0 Å². The molecule has 64 valence electrons. The number of nitrogens with zero attached hydrogens (tertiary/aromatic N) is 2. The van der Waals surface area contributed by atoms with Crippen molar-refractivity contribution < 1.29 is 0 Å². The van der Waals surface area contributed by atoms with Gasteiger partial charge < -0.3 is 10.4 Å². The lowest BCUT2D eigenvalue weighted by atomic mass is 10.2. The highest BCUT2D eigenvalue weighted by Crippen LogP contribution is 2.21. The van der Waals surface area contributed by atoms with Gasteiger partial charge in [-0.05, 0) is 15.5 Å². The van der Waals surface area contributed by atoms with Crippen LogP contribution in [-0.4, -0.2) is 12.0 Å². The lowest BCUT2D eigenvalue weighted by molar-refractivity contribution is 1.21. The lowest BCUT2D eigenvalue weighted by Gasteiger charge is -2.13. The quantitative estimate of drug-likeness (QED) is 0.703. The second kappa shape index (κ2) is 3.55. The Labute approximate surface area is 74.5 Å². The van der Waals surface area contributed by atoms with Crippen LogP contribution in [0, 0.1) is 0 Å². The zero-order chi connectivity index (χ0) is 9.14. The van der Waals surface area contributed by atoms with Gasteiger partial charge >= 0.3 is 0 Å². The van der Waals surface area contributed by atoms with Gasteiger partial charge in [-0.3, -0.25) is 0 Å². The van der Waals surface area contributed by atoms with Crippen LogP contribution in [0.4, 0.5) is 11.5 Å². The van der Waals surface area contributed by atoms with Crippen LogP contribution in [0.5, 0.6) is 0 Å². The van der Waals surface area contributed by atoms with Gasteiger partial charge in [-0.1, -0.05) is 12.7 Å². The fourth-order valence-electron chi connectivity index (χ4n) is 0.937. The van der Waals surface area contributed by atoms with Crippen LogP contribution in [0.25, 0.3) is 6.08 Å². The Morgan fingerprint density at radius 1 is 1.75 bits per heavy atom. The number of aromatic nitrogens is 1. The molecule has 0 spiro atoms. The number of hydrogen-bond acceptors (Lipinski definition) is 3. The van der Waals surface area contributed by atoms with Gasteiger partial charge in [0.25, 0.3) is 0 Å². The molecule has 1 unspecified atom stereocenters. The van der Waals surface area contributed by atoms with Crippen molar-refractivity contribution in [2.24, 2.45) is 0 Å². The smallest absolute Gasteiger partial charge is 0.138 e. The summed E-state index contributed by atoms with van der Waals surface area (Å²) in [5.41, 5.74) is 7.16. The molecule has 0 aromatic carbocycles. The summed E-state index contributed by atoms with van der Waals surface area (Å²) >= 11 is 0. The zero-order valence-electron chi connectivity index (χ0n) is 6.99. The van der Waals surface area contributed by atoms with E-state index < -0.39 is 0 Å². The molecular weight excluding hydrogens is 169 g/mol.